The fraction of sp³-hybridized carbons (Fsp3) is 0.278. The number of halogens is 1. The van der Waals surface area contributed by atoms with Crippen LogP contribution < -0.4 is 15.4 Å². The van der Waals surface area contributed by atoms with Gasteiger partial charge in [-0.2, -0.15) is 0 Å². The second-order valence-electron chi connectivity index (χ2n) is 5.79. The minimum atomic E-state index is -0.785. The number of benzene rings is 2. The number of phenolic OH excluding ortho intramolecular Hbond substituents is 1. The van der Waals surface area contributed by atoms with Gasteiger partial charge in [-0.05, 0) is 42.7 Å². The third-order valence-electron chi connectivity index (χ3n) is 3.98. The van der Waals surface area contributed by atoms with Crippen molar-refractivity contribution >= 4 is 17.3 Å². The molecule has 0 fully saturated rings. The van der Waals surface area contributed by atoms with Gasteiger partial charge in [0, 0.05) is 6.07 Å². The molecule has 0 saturated heterocycles. The third kappa shape index (κ3) is 3.13. The summed E-state index contributed by atoms with van der Waals surface area (Å²) in [7, 11) is 0. The largest absolute Gasteiger partial charge is 0.508 e. The molecule has 1 heterocycles. The summed E-state index contributed by atoms with van der Waals surface area (Å²) in [6.45, 7) is 4.02. The van der Waals surface area contributed by atoms with Crippen molar-refractivity contribution in [2.75, 3.05) is 17.2 Å². The standard InChI is InChI=1S/C18H19FN2O3/c1-3-11-7-12(19)14(8-15(11)22)21-18(23)17-9-20-13-5-4-10(2)6-16(13)24-17/h4-8,17,20,22H,3,9H2,1-2H3,(H,21,23). The molecule has 6 heteroatoms. The first-order chi connectivity index (χ1) is 11.5. The van der Waals surface area contributed by atoms with Gasteiger partial charge in [0.2, 0.25) is 0 Å². The van der Waals surface area contributed by atoms with Gasteiger partial charge in [0.25, 0.3) is 5.91 Å². The molecule has 1 atom stereocenters. The number of aromatic hydroxyl groups is 1. The van der Waals surface area contributed by atoms with E-state index < -0.39 is 17.8 Å². The number of amides is 1. The highest BCUT2D eigenvalue weighted by atomic mass is 19.1. The zero-order valence-corrected chi connectivity index (χ0v) is 13.5. The van der Waals surface area contributed by atoms with Crippen LogP contribution >= 0.6 is 0 Å². The first-order valence-electron chi connectivity index (χ1n) is 7.81. The van der Waals surface area contributed by atoms with E-state index in [0.717, 1.165) is 11.3 Å². The highest BCUT2D eigenvalue weighted by Gasteiger charge is 2.26. The average molecular weight is 330 g/mol. The summed E-state index contributed by atoms with van der Waals surface area (Å²) in [4.78, 5) is 12.4. The van der Waals surface area contributed by atoms with E-state index >= 15 is 0 Å². The van der Waals surface area contributed by atoms with Gasteiger partial charge >= 0.3 is 0 Å². The molecule has 0 aromatic heterocycles. The Labute approximate surface area is 139 Å². The van der Waals surface area contributed by atoms with Crippen LogP contribution in [0.3, 0.4) is 0 Å². The Bertz CT molecular complexity index is 792. The Hall–Kier alpha value is -2.76. The zero-order valence-electron chi connectivity index (χ0n) is 13.5. The van der Waals surface area contributed by atoms with E-state index in [9.17, 15) is 14.3 Å². The van der Waals surface area contributed by atoms with Gasteiger partial charge in [-0.15, -0.1) is 0 Å². The maximum Gasteiger partial charge on any atom is 0.267 e. The van der Waals surface area contributed by atoms with Crippen molar-refractivity contribution in [3.8, 4) is 11.5 Å². The van der Waals surface area contributed by atoms with Gasteiger partial charge in [-0.1, -0.05) is 13.0 Å². The average Bonchev–Trinajstić information content (AvgIpc) is 2.57. The summed E-state index contributed by atoms with van der Waals surface area (Å²) in [5, 5.41) is 15.4. The van der Waals surface area contributed by atoms with E-state index in [-0.39, 0.29) is 18.0 Å². The maximum absolute atomic E-state index is 14.1. The predicted octanol–water partition coefficient (Wildman–Crippen LogP) is 3.21. The highest BCUT2D eigenvalue weighted by molar-refractivity contribution is 5.95. The summed E-state index contributed by atoms with van der Waals surface area (Å²) in [5.74, 6) is -0.515. The van der Waals surface area contributed by atoms with E-state index in [4.69, 9.17) is 4.74 Å². The van der Waals surface area contributed by atoms with Gasteiger partial charge in [0.05, 0.1) is 17.9 Å². The van der Waals surface area contributed by atoms with E-state index in [1.54, 1.807) is 0 Å². The van der Waals surface area contributed by atoms with Crippen LogP contribution in [0.5, 0.6) is 11.5 Å². The normalized spacial score (nSPS) is 15.9. The molecule has 3 rings (SSSR count). The molecule has 3 N–H and O–H groups in total. The smallest absolute Gasteiger partial charge is 0.267 e. The number of hydrogen-bond acceptors (Lipinski definition) is 4. The molecule has 1 unspecified atom stereocenters. The Morgan fingerprint density at radius 3 is 2.96 bits per heavy atom. The molecule has 2 aromatic rings. The quantitative estimate of drug-likeness (QED) is 0.808. The molecule has 2 aromatic carbocycles. The summed E-state index contributed by atoms with van der Waals surface area (Å²) in [6.07, 6.45) is -0.283. The lowest BCUT2D eigenvalue weighted by atomic mass is 10.1. The van der Waals surface area contributed by atoms with E-state index in [1.165, 1.54) is 12.1 Å². The molecule has 1 amide bonds. The van der Waals surface area contributed by atoms with Gasteiger partial charge in [-0.25, -0.2) is 4.39 Å². The molecule has 0 saturated carbocycles. The Balaban J connectivity index is 1.75. The number of nitrogens with one attached hydrogen (secondary N) is 2. The van der Waals surface area contributed by atoms with Gasteiger partial charge in [-0.3, -0.25) is 4.79 Å². The number of aryl methyl sites for hydroxylation is 2. The topological polar surface area (TPSA) is 70.6 Å². The second kappa shape index (κ2) is 6.39. The van der Waals surface area contributed by atoms with Crippen LogP contribution in [0.25, 0.3) is 0 Å². The van der Waals surface area contributed by atoms with Crippen LogP contribution in [0.1, 0.15) is 18.1 Å². The summed E-state index contributed by atoms with van der Waals surface area (Å²) in [6, 6.07) is 8.12. The molecule has 5 nitrogen and oxygen atoms in total. The molecule has 0 bridgehead atoms. The van der Waals surface area contributed by atoms with E-state index in [2.05, 4.69) is 10.6 Å². The molecular formula is C18H19FN2O3. The monoisotopic (exact) mass is 330 g/mol. The molecule has 0 radical (unpaired) electrons. The molecular weight excluding hydrogens is 311 g/mol. The predicted molar refractivity (Wildman–Crippen MR) is 90.2 cm³/mol. The molecule has 0 aliphatic carbocycles. The van der Waals surface area contributed by atoms with E-state index in [1.807, 2.05) is 32.0 Å². The Morgan fingerprint density at radius 1 is 1.42 bits per heavy atom. The summed E-state index contributed by atoms with van der Waals surface area (Å²) in [5.41, 5.74) is 2.27. The highest BCUT2D eigenvalue weighted by Crippen LogP contribution is 2.31. The lowest BCUT2D eigenvalue weighted by Gasteiger charge is -2.27. The minimum absolute atomic E-state index is 0.0437. The van der Waals surface area contributed by atoms with Crippen LogP contribution in [0.4, 0.5) is 15.8 Å². The Morgan fingerprint density at radius 2 is 2.21 bits per heavy atom. The minimum Gasteiger partial charge on any atom is -0.508 e. The van der Waals surface area contributed by atoms with Crippen LogP contribution in [0, 0.1) is 12.7 Å². The summed E-state index contributed by atoms with van der Waals surface area (Å²) >= 11 is 0. The Kier molecular flexibility index (Phi) is 4.29. The van der Waals surface area contributed by atoms with Gasteiger partial charge < -0.3 is 20.5 Å². The van der Waals surface area contributed by atoms with Crippen LogP contribution in [-0.4, -0.2) is 23.7 Å². The molecule has 1 aliphatic heterocycles. The van der Waals surface area contributed by atoms with Gasteiger partial charge in [0.1, 0.15) is 17.3 Å². The van der Waals surface area contributed by atoms with Crippen molar-refractivity contribution in [3.05, 3.63) is 47.3 Å². The molecule has 24 heavy (non-hydrogen) atoms. The van der Waals surface area contributed by atoms with Crippen molar-refractivity contribution in [2.24, 2.45) is 0 Å². The number of hydrogen-bond donors (Lipinski definition) is 3. The van der Waals surface area contributed by atoms with Crippen molar-refractivity contribution in [1.29, 1.82) is 0 Å². The fourth-order valence-electron chi connectivity index (χ4n) is 2.61. The van der Waals surface area contributed by atoms with Crippen LogP contribution in [0.15, 0.2) is 30.3 Å². The lowest BCUT2D eigenvalue weighted by molar-refractivity contribution is -0.122. The number of phenols is 1. The summed E-state index contributed by atoms with van der Waals surface area (Å²) < 4.78 is 19.8. The van der Waals surface area contributed by atoms with Crippen molar-refractivity contribution in [1.82, 2.24) is 0 Å². The van der Waals surface area contributed by atoms with Crippen LogP contribution in [0.2, 0.25) is 0 Å². The van der Waals surface area contributed by atoms with E-state index in [0.29, 0.717) is 17.7 Å². The number of anilines is 2. The zero-order chi connectivity index (χ0) is 17.3. The molecule has 126 valence electrons. The maximum atomic E-state index is 14.1. The lowest BCUT2D eigenvalue weighted by Crippen LogP contribution is -2.41. The van der Waals surface area contributed by atoms with Gasteiger partial charge in [0.15, 0.2) is 6.10 Å². The first kappa shape index (κ1) is 16.1. The molecule has 1 aliphatic rings. The second-order valence-corrected chi connectivity index (χ2v) is 5.79. The van der Waals surface area contributed by atoms with Crippen molar-refractivity contribution in [3.63, 3.8) is 0 Å². The third-order valence-corrected chi connectivity index (χ3v) is 3.98. The van der Waals surface area contributed by atoms with Crippen molar-refractivity contribution < 1.29 is 19.0 Å². The number of fused-ring (bicyclic) bond motifs is 1. The number of carbonyl (C=O) groups excluding carboxylic acids is 1. The van der Waals surface area contributed by atoms with Crippen LogP contribution in [-0.2, 0) is 11.2 Å². The number of carbonyl (C=O) groups is 1. The fourth-order valence-corrected chi connectivity index (χ4v) is 2.61. The SMILES string of the molecule is CCc1cc(F)c(NC(=O)C2CNc3ccc(C)cc3O2)cc1O. The molecule has 0 spiro atoms. The number of rotatable bonds is 3. The first-order valence-corrected chi connectivity index (χ1v) is 7.81. The van der Waals surface area contributed by atoms with Crippen molar-refractivity contribution in [2.45, 2.75) is 26.4 Å². The number of ether oxygens (including phenoxy) is 1.